The van der Waals surface area contributed by atoms with Gasteiger partial charge in [-0.3, -0.25) is 4.79 Å². The van der Waals surface area contributed by atoms with Gasteiger partial charge in [0.2, 0.25) is 5.96 Å². The van der Waals surface area contributed by atoms with E-state index in [1.165, 1.54) is 0 Å². The van der Waals surface area contributed by atoms with Gasteiger partial charge < -0.3 is 17.2 Å². The summed E-state index contributed by atoms with van der Waals surface area (Å²) in [5.74, 6) is -0.113. The predicted molar refractivity (Wildman–Crippen MR) is 89.0 cm³/mol. The van der Waals surface area contributed by atoms with Crippen LogP contribution in [0.2, 0.25) is 0 Å². The number of benzene rings is 2. The first-order chi connectivity index (χ1) is 10.5. The molecule has 0 aliphatic heterocycles. The standard InChI is InChI=1S/C16H17N5O/c1-10(22)12-3-2-4-13(9-12)11-5-7-14(8-6-11)20-16(19)21-15(17)18/h2-9H,1H3,(H6,17,18,19,20,21). The van der Waals surface area contributed by atoms with Crippen LogP contribution in [-0.2, 0) is 0 Å². The highest BCUT2D eigenvalue weighted by Crippen LogP contribution is 2.23. The molecule has 6 heteroatoms. The fourth-order valence-electron chi connectivity index (χ4n) is 1.94. The summed E-state index contributed by atoms with van der Waals surface area (Å²) in [4.78, 5) is 19.1. The van der Waals surface area contributed by atoms with Gasteiger partial charge in [-0.2, -0.15) is 4.99 Å². The van der Waals surface area contributed by atoms with E-state index in [0.717, 1.165) is 11.1 Å². The third kappa shape index (κ3) is 3.92. The number of hydrogen-bond acceptors (Lipinski definition) is 2. The summed E-state index contributed by atoms with van der Waals surface area (Å²) in [5.41, 5.74) is 19.3. The van der Waals surface area contributed by atoms with Crippen LogP contribution in [-0.4, -0.2) is 17.7 Å². The van der Waals surface area contributed by atoms with Crippen LogP contribution in [0.5, 0.6) is 0 Å². The summed E-state index contributed by atoms with van der Waals surface area (Å²) >= 11 is 0. The Morgan fingerprint density at radius 2 is 1.64 bits per heavy atom. The van der Waals surface area contributed by atoms with E-state index in [1.807, 2.05) is 30.3 Å². The van der Waals surface area contributed by atoms with E-state index in [1.54, 1.807) is 25.1 Å². The third-order valence-electron chi connectivity index (χ3n) is 2.96. The lowest BCUT2D eigenvalue weighted by Crippen LogP contribution is -2.26. The van der Waals surface area contributed by atoms with E-state index < -0.39 is 0 Å². The van der Waals surface area contributed by atoms with Crippen LogP contribution in [0.15, 0.2) is 58.5 Å². The molecule has 6 N–H and O–H groups in total. The van der Waals surface area contributed by atoms with Gasteiger partial charge in [0.05, 0.1) is 5.69 Å². The quantitative estimate of drug-likeness (QED) is 0.454. The zero-order valence-electron chi connectivity index (χ0n) is 12.2. The van der Waals surface area contributed by atoms with Gasteiger partial charge in [-0.15, -0.1) is 0 Å². The fourth-order valence-corrected chi connectivity index (χ4v) is 1.94. The van der Waals surface area contributed by atoms with Crippen molar-refractivity contribution >= 4 is 23.4 Å². The number of carbonyl (C=O) groups is 1. The Morgan fingerprint density at radius 3 is 2.23 bits per heavy atom. The second kappa shape index (κ2) is 6.53. The van der Waals surface area contributed by atoms with E-state index in [4.69, 9.17) is 17.2 Å². The van der Waals surface area contributed by atoms with Crippen molar-refractivity contribution in [3.8, 4) is 11.1 Å². The number of hydrogen-bond donors (Lipinski definition) is 3. The molecule has 0 aromatic heterocycles. The molecule has 2 aromatic rings. The Bertz CT molecular complexity index is 743. The van der Waals surface area contributed by atoms with Crippen molar-refractivity contribution in [2.75, 3.05) is 0 Å². The van der Waals surface area contributed by atoms with Gasteiger partial charge in [0.1, 0.15) is 0 Å². The van der Waals surface area contributed by atoms with Crippen molar-refractivity contribution in [1.82, 2.24) is 0 Å². The Balaban J connectivity index is 2.28. The summed E-state index contributed by atoms with van der Waals surface area (Å²) < 4.78 is 0. The van der Waals surface area contributed by atoms with Gasteiger partial charge in [-0.05, 0) is 36.2 Å². The van der Waals surface area contributed by atoms with Crippen molar-refractivity contribution in [2.24, 2.45) is 27.2 Å². The number of rotatable bonds is 3. The molecule has 0 aliphatic carbocycles. The molecule has 0 aliphatic rings. The molecule has 2 aromatic carbocycles. The zero-order chi connectivity index (χ0) is 16.1. The number of carbonyl (C=O) groups excluding carboxylic acids is 1. The molecular formula is C16H17N5O. The van der Waals surface area contributed by atoms with Crippen LogP contribution in [0, 0.1) is 0 Å². The minimum atomic E-state index is -0.140. The lowest BCUT2D eigenvalue weighted by molar-refractivity contribution is 0.101. The lowest BCUT2D eigenvalue weighted by Gasteiger charge is -2.04. The summed E-state index contributed by atoms with van der Waals surface area (Å²) in [7, 11) is 0. The molecule has 0 radical (unpaired) electrons. The topological polar surface area (TPSA) is 120 Å². The van der Waals surface area contributed by atoms with E-state index >= 15 is 0 Å². The molecule has 6 nitrogen and oxygen atoms in total. The fraction of sp³-hybridized carbons (Fsp3) is 0.0625. The highest BCUT2D eigenvalue weighted by Gasteiger charge is 2.03. The van der Waals surface area contributed by atoms with E-state index in [2.05, 4.69) is 9.98 Å². The third-order valence-corrected chi connectivity index (χ3v) is 2.96. The highest BCUT2D eigenvalue weighted by molar-refractivity contribution is 5.95. The highest BCUT2D eigenvalue weighted by atomic mass is 16.1. The first-order valence-electron chi connectivity index (χ1n) is 6.61. The average Bonchev–Trinajstić information content (AvgIpc) is 2.47. The van der Waals surface area contributed by atoms with Gasteiger partial charge in [0.15, 0.2) is 11.7 Å². The van der Waals surface area contributed by atoms with Crippen LogP contribution in [0.4, 0.5) is 5.69 Å². The second-order valence-corrected chi connectivity index (χ2v) is 4.69. The largest absolute Gasteiger partial charge is 0.370 e. The predicted octanol–water partition coefficient (Wildman–Crippen LogP) is 1.78. The number of ketones is 1. The number of aliphatic imine (C=N–C) groups is 2. The SMILES string of the molecule is CC(=O)c1cccc(-c2ccc(N=C(N)N=C(N)N)cc2)c1. The summed E-state index contributed by atoms with van der Waals surface area (Å²) in [6.45, 7) is 1.55. The molecule has 2 rings (SSSR count). The number of nitrogens with two attached hydrogens (primary N) is 3. The molecule has 0 amide bonds. The van der Waals surface area contributed by atoms with Gasteiger partial charge >= 0.3 is 0 Å². The van der Waals surface area contributed by atoms with Crippen molar-refractivity contribution < 1.29 is 4.79 Å². The Hall–Kier alpha value is -3.15. The molecule has 0 atom stereocenters. The molecule has 0 saturated carbocycles. The Labute approximate surface area is 128 Å². The normalized spacial score (nSPS) is 11.0. The van der Waals surface area contributed by atoms with E-state index in [9.17, 15) is 4.79 Å². The zero-order valence-corrected chi connectivity index (χ0v) is 12.2. The van der Waals surface area contributed by atoms with Crippen LogP contribution in [0.25, 0.3) is 11.1 Å². The molecule has 0 fully saturated rings. The van der Waals surface area contributed by atoms with Crippen molar-refractivity contribution in [3.05, 3.63) is 54.1 Å². The molecule has 0 saturated heterocycles. The van der Waals surface area contributed by atoms with E-state index in [0.29, 0.717) is 11.3 Å². The Kier molecular flexibility index (Phi) is 4.53. The molecule has 0 unspecified atom stereocenters. The van der Waals surface area contributed by atoms with Crippen LogP contribution in [0.3, 0.4) is 0 Å². The monoisotopic (exact) mass is 295 g/mol. The van der Waals surface area contributed by atoms with Gasteiger partial charge in [-0.1, -0.05) is 30.3 Å². The second-order valence-electron chi connectivity index (χ2n) is 4.69. The van der Waals surface area contributed by atoms with Crippen LogP contribution < -0.4 is 17.2 Å². The summed E-state index contributed by atoms with van der Waals surface area (Å²) in [6, 6.07) is 14.8. The number of guanidine groups is 2. The minimum Gasteiger partial charge on any atom is -0.370 e. The maximum absolute atomic E-state index is 11.4. The maximum atomic E-state index is 11.4. The van der Waals surface area contributed by atoms with Crippen LogP contribution in [0.1, 0.15) is 17.3 Å². The first-order valence-corrected chi connectivity index (χ1v) is 6.61. The van der Waals surface area contributed by atoms with Crippen LogP contribution >= 0.6 is 0 Å². The number of nitrogens with zero attached hydrogens (tertiary/aromatic N) is 2. The summed E-state index contributed by atoms with van der Waals surface area (Å²) in [5, 5.41) is 0. The molecular weight excluding hydrogens is 278 g/mol. The van der Waals surface area contributed by atoms with E-state index in [-0.39, 0.29) is 17.7 Å². The van der Waals surface area contributed by atoms with Crippen molar-refractivity contribution in [3.63, 3.8) is 0 Å². The maximum Gasteiger partial charge on any atom is 0.223 e. The number of Topliss-reactive ketones (excluding diaryl/α,β-unsaturated/α-hetero) is 1. The van der Waals surface area contributed by atoms with Crippen molar-refractivity contribution in [1.29, 1.82) is 0 Å². The summed E-state index contributed by atoms with van der Waals surface area (Å²) in [6.07, 6.45) is 0. The molecule has 0 spiro atoms. The minimum absolute atomic E-state index is 0.00803. The Morgan fingerprint density at radius 1 is 0.955 bits per heavy atom. The molecule has 22 heavy (non-hydrogen) atoms. The first kappa shape index (κ1) is 15.2. The lowest BCUT2D eigenvalue weighted by atomic mass is 10.0. The smallest absolute Gasteiger partial charge is 0.223 e. The molecule has 0 heterocycles. The van der Waals surface area contributed by atoms with Crippen molar-refractivity contribution in [2.45, 2.75) is 6.92 Å². The molecule has 0 bridgehead atoms. The molecule has 112 valence electrons. The van der Waals surface area contributed by atoms with Gasteiger partial charge in [0, 0.05) is 5.56 Å². The van der Waals surface area contributed by atoms with Gasteiger partial charge in [-0.25, -0.2) is 4.99 Å². The van der Waals surface area contributed by atoms with Gasteiger partial charge in [0.25, 0.3) is 0 Å². The average molecular weight is 295 g/mol.